The van der Waals surface area contributed by atoms with Gasteiger partial charge in [0.1, 0.15) is 0 Å². The molecule has 3 rings (SSSR count). The number of ether oxygens (including phenoxy) is 1. The molecule has 1 unspecified atom stereocenters. The highest BCUT2D eigenvalue weighted by molar-refractivity contribution is 7.08. The molecule has 5 nitrogen and oxygen atoms in total. The predicted octanol–water partition coefficient (Wildman–Crippen LogP) is 1.46. The standard InChI is InChI=1S/C10H11N3O2S/c1-4-16-6-7(1)10-12-9(13-15-10)8-5-14-3-2-11-8/h1,4,6,8,11H,2-3,5H2. The van der Waals surface area contributed by atoms with Crippen LogP contribution in [0.15, 0.2) is 21.3 Å². The minimum absolute atomic E-state index is 0.0462. The summed E-state index contributed by atoms with van der Waals surface area (Å²) in [6.07, 6.45) is 0. The smallest absolute Gasteiger partial charge is 0.258 e. The quantitative estimate of drug-likeness (QED) is 0.856. The van der Waals surface area contributed by atoms with Crippen LogP contribution in [0.25, 0.3) is 11.5 Å². The normalized spacial score (nSPS) is 21.1. The Balaban J connectivity index is 1.82. The van der Waals surface area contributed by atoms with Gasteiger partial charge < -0.3 is 14.6 Å². The number of morpholine rings is 1. The van der Waals surface area contributed by atoms with Crippen molar-refractivity contribution in [3.63, 3.8) is 0 Å². The lowest BCUT2D eigenvalue weighted by Crippen LogP contribution is -2.35. The van der Waals surface area contributed by atoms with Gasteiger partial charge in [0.05, 0.1) is 24.8 Å². The van der Waals surface area contributed by atoms with Gasteiger partial charge in [0.25, 0.3) is 5.89 Å². The first-order valence-corrected chi connectivity index (χ1v) is 6.05. The SMILES string of the molecule is c1cc(-c2nc(C3COCCN3)no2)cs1. The van der Waals surface area contributed by atoms with Crippen LogP contribution in [0.5, 0.6) is 0 Å². The van der Waals surface area contributed by atoms with Crippen LogP contribution in [0.1, 0.15) is 11.9 Å². The van der Waals surface area contributed by atoms with Gasteiger partial charge >= 0.3 is 0 Å². The molecule has 1 atom stereocenters. The van der Waals surface area contributed by atoms with Crippen molar-refractivity contribution in [1.29, 1.82) is 0 Å². The van der Waals surface area contributed by atoms with Crippen molar-refractivity contribution in [2.45, 2.75) is 6.04 Å². The number of thiophene rings is 1. The molecule has 0 aliphatic carbocycles. The summed E-state index contributed by atoms with van der Waals surface area (Å²) in [5.41, 5.74) is 0.973. The van der Waals surface area contributed by atoms with Crippen LogP contribution in [-0.2, 0) is 4.74 Å². The van der Waals surface area contributed by atoms with Crippen molar-refractivity contribution in [3.05, 3.63) is 22.7 Å². The Morgan fingerprint density at radius 3 is 3.25 bits per heavy atom. The Kier molecular flexibility index (Phi) is 2.69. The molecule has 84 valence electrons. The largest absolute Gasteiger partial charge is 0.378 e. The molecule has 3 heterocycles. The van der Waals surface area contributed by atoms with Crippen molar-refractivity contribution in [2.75, 3.05) is 19.8 Å². The molecule has 16 heavy (non-hydrogen) atoms. The van der Waals surface area contributed by atoms with E-state index in [4.69, 9.17) is 9.26 Å². The maximum Gasteiger partial charge on any atom is 0.258 e. The highest BCUT2D eigenvalue weighted by Gasteiger charge is 2.21. The third-order valence-corrected chi connectivity index (χ3v) is 3.13. The molecule has 1 fully saturated rings. The Hall–Kier alpha value is -1.24. The second kappa shape index (κ2) is 4.32. The van der Waals surface area contributed by atoms with Crippen LogP contribution in [0, 0.1) is 0 Å². The second-order valence-corrected chi connectivity index (χ2v) is 4.33. The Bertz CT molecular complexity index is 448. The van der Waals surface area contributed by atoms with Crippen molar-refractivity contribution in [1.82, 2.24) is 15.5 Å². The average molecular weight is 237 g/mol. The van der Waals surface area contributed by atoms with E-state index in [2.05, 4.69) is 15.5 Å². The van der Waals surface area contributed by atoms with E-state index in [1.807, 2.05) is 16.8 Å². The molecule has 0 saturated carbocycles. The van der Waals surface area contributed by atoms with Crippen LogP contribution in [-0.4, -0.2) is 29.9 Å². The monoisotopic (exact) mass is 237 g/mol. The van der Waals surface area contributed by atoms with Crippen LogP contribution >= 0.6 is 11.3 Å². The van der Waals surface area contributed by atoms with E-state index >= 15 is 0 Å². The summed E-state index contributed by atoms with van der Waals surface area (Å²) in [4.78, 5) is 4.36. The molecular formula is C10H11N3O2S. The summed E-state index contributed by atoms with van der Waals surface area (Å²) in [6.45, 7) is 2.17. The Morgan fingerprint density at radius 1 is 1.50 bits per heavy atom. The van der Waals surface area contributed by atoms with E-state index in [1.165, 1.54) is 0 Å². The topological polar surface area (TPSA) is 60.2 Å². The minimum atomic E-state index is 0.0462. The van der Waals surface area contributed by atoms with Gasteiger partial charge in [-0.05, 0) is 11.4 Å². The molecule has 0 amide bonds. The Morgan fingerprint density at radius 2 is 2.50 bits per heavy atom. The van der Waals surface area contributed by atoms with E-state index in [0.29, 0.717) is 18.3 Å². The zero-order valence-electron chi connectivity index (χ0n) is 8.55. The number of rotatable bonds is 2. The number of nitrogens with one attached hydrogen (secondary N) is 1. The van der Waals surface area contributed by atoms with Crippen LogP contribution in [0.2, 0.25) is 0 Å². The fourth-order valence-corrected chi connectivity index (χ4v) is 2.24. The van der Waals surface area contributed by atoms with E-state index in [9.17, 15) is 0 Å². The first-order valence-electron chi connectivity index (χ1n) is 5.11. The fourth-order valence-electron chi connectivity index (χ4n) is 1.61. The van der Waals surface area contributed by atoms with Crippen molar-refractivity contribution < 1.29 is 9.26 Å². The summed E-state index contributed by atoms with van der Waals surface area (Å²) in [7, 11) is 0. The summed E-state index contributed by atoms with van der Waals surface area (Å²) in [5.74, 6) is 1.24. The van der Waals surface area contributed by atoms with Crippen LogP contribution in [0.3, 0.4) is 0 Å². The third-order valence-electron chi connectivity index (χ3n) is 2.44. The number of hydrogen-bond donors (Lipinski definition) is 1. The molecule has 6 heteroatoms. The van der Waals surface area contributed by atoms with Gasteiger partial charge in [0.2, 0.25) is 0 Å². The molecule has 1 N–H and O–H groups in total. The maximum atomic E-state index is 5.35. The van der Waals surface area contributed by atoms with Gasteiger partial charge in [0.15, 0.2) is 5.82 Å². The van der Waals surface area contributed by atoms with Gasteiger partial charge in [0, 0.05) is 11.9 Å². The molecule has 0 radical (unpaired) electrons. The summed E-state index contributed by atoms with van der Waals surface area (Å²) in [6, 6.07) is 2.01. The van der Waals surface area contributed by atoms with Gasteiger partial charge in [-0.15, -0.1) is 0 Å². The molecule has 0 bridgehead atoms. The molecule has 0 spiro atoms. The Labute approximate surface area is 96.4 Å². The first-order chi connectivity index (χ1) is 7.93. The fraction of sp³-hybridized carbons (Fsp3) is 0.400. The van der Waals surface area contributed by atoms with Crippen LogP contribution < -0.4 is 5.32 Å². The maximum absolute atomic E-state index is 5.35. The van der Waals surface area contributed by atoms with E-state index < -0.39 is 0 Å². The highest BCUT2D eigenvalue weighted by atomic mass is 32.1. The zero-order chi connectivity index (χ0) is 10.8. The lowest BCUT2D eigenvalue weighted by atomic mass is 10.2. The van der Waals surface area contributed by atoms with Crippen molar-refractivity contribution in [2.24, 2.45) is 0 Å². The van der Waals surface area contributed by atoms with Gasteiger partial charge in [-0.2, -0.15) is 16.3 Å². The highest BCUT2D eigenvalue weighted by Crippen LogP contribution is 2.22. The third kappa shape index (κ3) is 1.87. The van der Waals surface area contributed by atoms with Gasteiger partial charge in [-0.1, -0.05) is 5.16 Å². The summed E-state index contributed by atoms with van der Waals surface area (Å²) < 4.78 is 10.6. The van der Waals surface area contributed by atoms with Gasteiger partial charge in [-0.3, -0.25) is 0 Å². The lowest BCUT2D eigenvalue weighted by Gasteiger charge is -2.20. The van der Waals surface area contributed by atoms with E-state index in [1.54, 1.807) is 11.3 Å². The van der Waals surface area contributed by atoms with Crippen LogP contribution in [0.4, 0.5) is 0 Å². The molecule has 2 aromatic rings. The molecule has 0 aromatic carbocycles. The first kappa shape index (κ1) is 9.95. The van der Waals surface area contributed by atoms with E-state index in [0.717, 1.165) is 18.7 Å². The average Bonchev–Trinajstić information content (AvgIpc) is 3.01. The summed E-state index contributed by atoms with van der Waals surface area (Å²) >= 11 is 1.61. The predicted molar refractivity (Wildman–Crippen MR) is 59.2 cm³/mol. The molecule has 2 aromatic heterocycles. The molecule has 1 saturated heterocycles. The van der Waals surface area contributed by atoms with E-state index in [-0.39, 0.29) is 6.04 Å². The lowest BCUT2D eigenvalue weighted by molar-refractivity contribution is 0.0734. The molecular weight excluding hydrogens is 226 g/mol. The van der Waals surface area contributed by atoms with Gasteiger partial charge in [-0.25, -0.2) is 0 Å². The number of nitrogens with zero attached hydrogens (tertiary/aromatic N) is 2. The van der Waals surface area contributed by atoms with Crippen molar-refractivity contribution >= 4 is 11.3 Å². The van der Waals surface area contributed by atoms with Crippen molar-refractivity contribution in [3.8, 4) is 11.5 Å². The second-order valence-electron chi connectivity index (χ2n) is 3.55. The summed E-state index contributed by atoms with van der Waals surface area (Å²) in [5, 5.41) is 11.2. The molecule has 1 aliphatic rings. The zero-order valence-corrected chi connectivity index (χ0v) is 9.37. The minimum Gasteiger partial charge on any atom is -0.378 e. The number of hydrogen-bond acceptors (Lipinski definition) is 6. The molecule has 1 aliphatic heterocycles. The number of aromatic nitrogens is 2.